The minimum absolute atomic E-state index is 0.0907. The maximum atomic E-state index is 13.5. The molecule has 0 fully saturated rings. The molecule has 194 valence electrons. The Balaban J connectivity index is 1.94. The SMILES string of the molecule is COCCN(CC(=O)N1N=C(c2ccc(F)cc2)C[C@H]1c1ccc(OC)c(OC)c1)C(=O)NC(C)C. The maximum absolute atomic E-state index is 13.5. The molecule has 0 saturated heterocycles. The van der Waals surface area contributed by atoms with E-state index >= 15 is 0 Å². The summed E-state index contributed by atoms with van der Waals surface area (Å²) in [5.74, 6) is 0.372. The van der Waals surface area contributed by atoms with Crippen molar-refractivity contribution in [2.75, 3.05) is 41.0 Å². The highest BCUT2D eigenvalue weighted by Gasteiger charge is 2.35. The zero-order valence-electron chi connectivity index (χ0n) is 21.3. The number of hydrogen-bond donors (Lipinski definition) is 1. The average Bonchev–Trinajstić information content (AvgIpc) is 3.31. The summed E-state index contributed by atoms with van der Waals surface area (Å²) in [6.45, 7) is 4.03. The van der Waals surface area contributed by atoms with Crippen LogP contribution in [0, 0.1) is 5.82 Å². The van der Waals surface area contributed by atoms with Gasteiger partial charge in [0.25, 0.3) is 5.91 Å². The van der Waals surface area contributed by atoms with Crippen molar-refractivity contribution in [3.8, 4) is 11.5 Å². The molecule has 0 aliphatic carbocycles. The number of amides is 3. The molecule has 0 unspecified atom stereocenters. The van der Waals surface area contributed by atoms with E-state index in [0.29, 0.717) is 29.2 Å². The highest BCUT2D eigenvalue weighted by molar-refractivity contribution is 6.03. The summed E-state index contributed by atoms with van der Waals surface area (Å²) in [7, 11) is 4.63. The van der Waals surface area contributed by atoms with E-state index in [1.807, 2.05) is 19.9 Å². The first-order valence-corrected chi connectivity index (χ1v) is 11.7. The van der Waals surface area contributed by atoms with Crippen molar-refractivity contribution in [1.29, 1.82) is 0 Å². The molecule has 1 aliphatic rings. The lowest BCUT2D eigenvalue weighted by Crippen LogP contribution is -2.48. The van der Waals surface area contributed by atoms with Gasteiger partial charge in [-0.15, -0.1) is 0 Å². The summed E-state index contributed by atoms with van der Waals surface area (Å²) in [5.41, 5.74) is 2.14. The quantitative estimate of drug-likeness (QED) is 0.538. The van der Waals surface area contributed by atoms with Gasteiger partial charge in [-0.3, -0.25) is 4.79 Å². The topological polar surface area (TPSA) is 92.7 Å². The molecule has 0 aromatic heterocycles. The Hall–Kier alpha value is -3.66. The van der Waals surface area contributed by atoms with Gasteiger partial charge < -0.3 is 24.4 Å². The van der Waals surface area contributed by atoms with Crippen LogP contribution >= 0.6 is 0 Å². The van der Waals surface area contributed by atoms with Crippen molar-refractivity contribution in [2.24, 2.45) is 5.10 Å². The van der Waals surface area contributed by atoms with Crippen LogP contribution in [0.25, 0.3) is 0 Å². The van der Waals surface area contributed by atoms with Crippen molar-refractivity contribution in [3.63, 3.8) is 0 Å². The van der Waals surface area contributed by atoms with Gasteiger partial charge in [0, 0.05) is 26.1 Å². The van der Waals surface area contributed by atoms with Crippen LogP contribution < -0.4 is 14.8 Å². The number of hydrazone groups is 1. The van der Waals surface area contributed by atoms with E-state index in [0.717, 1.165) is 5.56 Å². The lowest BCUT2D eigenvalue weighted by atomic mass is 9.98. The average molecular weight is 501 g/mol. The molecule has 1 atom stereocenters. The highest BCUT2D eigenvalue weighted by atomic mass is 19.1. The number of ether oxygens (including phenoxy) is 3. The Morgan fingerprint density at radius 1 is 1.11 bits per heavy atom. The molecule has 1 N–H and O–H groups in total. The zero-order valence-corrected chi connectivity index (χ0v) is 21.3. The third kappa shape index (κ3) is 6.51. The molecule has 0 radical (unpaired) electrons. The third-order valence-corrected chi connectivity index (χ3v) is 5.73. The van der Waals surface area contributed by atoms with Crippen molar-refractivity contribution in [1.82, 2.24) is 15.2 Å². The molecule has 1 aliphatic heterocycles. The molecule has 0 saturated carbocycles. The van der Waals surface area contributed by atoms with E-state index in [1.54, 1.807) is 38.5 Å². The Bertz CT molecular complexity index is 1090. The standard InChI is InChI=1S/C26H33FN4O5/c1-17(2)28-26(33)30(12-13-34-3)16-25(32)31-22(19-8-11-23(35-4)24(14-19)36-5)15-21(29-31)18-6-9-20(27)10-7-18/h6-11,14,17,22H,12-13,15-16H2,1-5H3,(H,28,33)/t22-/m0/s1. The summed E-state index contributed by atoms with van der Waals surface area (Å²) in [6, 6.07) is 10.5. The van der Waals surface area contributed by atoms with Crippen molar-refractivity contribution >= 4 is 17.6 Å². The Morgan fingerprint density at radius 2 is 1.81 bits per heavy atom. The Kier molecular flexibility index (Phi) is 9.24. The predicted molar refractivity (Wildman–Crippen MR) is 134 cm³/mol. The van der Waals surface area contributed by atoms with Gasteiger partial charge in [-0.2, -0.15) is 5.10 Å². The minimum Gasteiger partial charge on any atom is -0.493 e. The normalized spacial score (nSPS) is 15.0. The molecular weight excluding hydrogens is 467 g/mol. The van der Waals surface area contributed by atoms with Gasteiger partial charge >= 0.3 is 6.03 Å². The number of methoxy groups -OCH3 is 3. The second kappa shape index (κ2) is 12.3. The number of carbonyl (C=O) groups excluding carboxylic acids is 2. The number of benzene rings is 2. The molecule has 1 heterocycles. The lowest BCUT2D eigenvalue weighted by molar-refractivity contribution is -0.133. The van der Waals surface area contributed by atoms with Crippen molar-refractivity contribution in [3.05, 3.63) is 59.4 Å². The monoisotopic (exact) mass is 500 g/mol. The van der Waals surface area contributed by atoms with Crippen LogP contribution in [0.15, 0.2) is 47.6 Å². The first-order valence-electron chi connectivity index (χ1n) is 11.7. The number of rotatable bonds is 10. The first-order chi connectivity index (χ1) is 17.3. The van der Waals surface area contributed by atoms with Crippen LogP contribution in [0.1, 0.15) is 37.4 Å². The van der Waals surface area contributed by atoms with Gasteiger partial charge in [0.05, 0.1) is 32.6 Å². The van der Waals surface area contributed by atoms with Crippen molar-refractivity contribution < 1.29 is 28.2 Å². The molecular formula is C26H33FN4O5. The van der Waals surface area contributed by atoms with Crippen LogP contribution in [-0.4, -0.2) is 74.6 Å². The van der Waals surface area contributed by atoms with Crippen molar-refractivity contribution in [2.45, 2.75) is 32.4 Å². The van der Waals surface area contributed by atoms with Gasteiger partial charge in [-0.05, 0) is 49.2 Å². The fourth-order valence-electron chi connectivity index (χ4n) is 3.90. The molecule has 0 spiro atoms. The number of hydrogen-bond acceptors (Lipinski definition) is 6. The summed E-state index contributed by atoms with van der Waals surface area (Å²) in [5, 5.41) is 8.82. The van der Waals surface area contributed by atoms with Gasteiger partial charge in [-0.25, -0.2) is 14.2 Å². The lowest BCUT2D eigenvalue weighted by Gasteiger charge is -2.28. The summed E-state index contributed by atoms with van der Waals surface area (Å²) < 4.78 is 29.4. The highest BCUT2D eigenvalue weighted by Crippen LogP contribution is 2.37. The van der Waals surface area contributed by atoms with E-state index in [2.05, 4.69) is 10.4 Å². The molecule has 10 heteroatoms. The molecule has 2 aromatic rings. The molecule has 2 aromatic carbocycles. The summed E-state index contributed by atoms with van der Waals surface area (Å²) in [6.07, 6.45) is 0.406. The fraction of sp³-hybridized carbons (Fsp3) is 0.423. The van der Waals surface area contributed by atoms with Gasteiger partial charge in [0.2, 0.25) is 0 Å². The number of urea groups is 1. The molecule has 3 rings (SSSR count). The second-order valence-corrected chi connectivity index (χ2v) is 8.64. The summed E-state index contributed by atoms with van der Waals surface area (Å²) >= 11 is 0. The minimum atomic E-state index is -0.449. The zero-order chi connectivity index (χ0) is 26.2. The van der Waals surface area contributed by atoms with E-state index in [-0.39, 0.29) is 43.5 Å². The third-order valence-electron chi connectivity index (χ3n) is 5.73. The van der Waals surface area contributed by atoms with Gasteiger partial charge in [-0.1, -0.05) is 18.2 Å². The van der Waals surface area contributed by atoms with Gasteiger partial charge in [0.15, 0.2) is 11.5 Å². The number of carbonyl (C=O) groups is 2. The van der Waals surface area contributed by atoms with E-state index < -0.39 is 6.04 Å². The number of halogens is 1. The number of nitrogens with zero attached hydrogens (tertiary/aromatic N) is 3. The van der Waals surface area contributed by atoms with Crippen LogP contribution in [0.4, 0.5) is 9.18 Å². The fourth-order valence-corrected chi connectivity index (χ4v) is 3.90. The Morgan fingerprint density at radius 3 is 2.42 bits per heavy atom. The van der Waals surface area contributed by atoms with E-state index in [9.17, 15) is 14.0 Å². The van der Waals surface area contributed by atoms with Crippen LogP contribution in [0.5, 0.6) is 11.5 Å². The molecule has 0 bridgehead atoms. The van der Waals surface area contributed by atoms with E-state index in [1.165, 1.54) is 29.2 Å². The molecule has 9 nitrogen and oxygen atoms in total. The van der Waals surface area contributed by atoms with E-state index in [4.69, 9.17) is 14.2 Å². The Labute approximate surface area is 210 Å². The summed E-state index contributed by atoms with van der Waals surface area (Å²) in [4.78, 5) is 27.7. The first kappa shape index (κ1) is 26.9. The number of nitrogens with one attached hydrogen (secondary N) is 1. The molecule has 3 amide bonds. The predicted octanol–water partition coefficient (Wildman–Crippen LogP) is 3.59. The molecule has 36 heavy (non-hydrogen) atoms. The smallest absolute Gasteiger partial charge is 0.318 e. The second-order valence-electron chi connectivity index (χ2n) is 8.64. The van der Waals surface area contributed by atoms with Crippen LogP contribution in [0.2, 0.25) is 0 Å². The largest absolute Gasteiger partial charge is 0.493 e. The maximum Gasteiger partial charge on any atom is 0.318 e. The van der Waals surface area contributed by atoms with Crippen LogP contribution in [-0.2, 0) is 9.53 Å². The van der Waals surface area contributed by atoms with Crippen LogP contribution in [0.3, 0.4) is 0 Å². The van der Waals surface area contributed by atoms with Gasteiger partial charge in [0.1, 0.15) is 12.4 Å².